The standard InChI is InChI=1S/C31H27N5OS/c37-28(33-26-15-8-10-22-9-4-5-13-25(22)26)17-20-36-30(29(34-31(36)38)27-14-6-7-18-32-27)23-16-19-35(21-23)24-11-2-1-3-12-24/h1-16,18-19,21,29-30H,17,20H2,(H,33,37)(H,34,38)/t29-,30+/m0/s1. The minimum atomic E-state index is -0.128. The number of para-hydroxylation sites is 1. The van der Waals surface area contributed by atoms with Gasteiger partial charge in [-0.2, -0.15) is 0 Å². The highest BCUT2D eigenvalue weighted by atomic mass is 32.1. The topological polar surface area (TPSA) is 62.2 Å². The maximum absolute atomic E-state index is 13.1. The van der Waals surface area contributed by atoms with Gasteiger partial charge in [-0.15, -0.1) is 0 Å². The van der Waals surface area contributed by atoms with Crippen LogP contribution in [0.1, 0.15) is 29.8 Å². The zero-order chi connectivity index (χ0) is 25.9. The molecular weight excluding hydrogens is 490 g/mol. The van der Waals surface area contributed by atoms with Crippen LogP contribution in [0.3, 0.4) is 0 Å². The van der Waals surface area contributed by atoms with Gasteiger partial charge < -0.3 is 20.1 Å². The van der Waals surface area contributed by atoms with Crippen molar-refractivity contribution in [2.75, 3.05) is 11.9 Å². The van der Waals surface area contributed by atoms with Gasteiger partial charge >= 0.3 is 0 Å². The van der Waals surface area contributed by atoms with Crippen LogP contribution in [0, 0.1) is 0 Å². The smallest absolute Gasteiger partial charge is 0.226 e. The summed E-state index contributed by atoms with van der Waals surface area (Å²) in [5.74, 6) is -0.0500. The molecule has 0 radical (unpaired) electrons. The summed E-state index contributed by atoms with van der Waals surface area (Å²) in [6.07, 6.45) is 6.30. The molecule has 2 aromatic heterocycles. The highest BCUT2D eigenvalue weighted by Gasteiger charge is 2.40. The summed E-state index contributed by atoms with van der Waals surface area (Å²) in [6.45, 7) is 0.479. The SMILES string of the molecule is O=C(CCN1C(=S)N[C@@H](c2ccccn2)[C@H]1c1ccn(-c2ccccc2)c1)Nc1cccc2ccccc12. The number of rotatable bonds is 7. The third-order valence-electron chi connectivity index (χ3n) is 6.95. The zero-order valence-electron chi connectivity index (χ0n) is 20.7. The Morgan fingerprint density at radius 1 is 0.921 bits per heavy atom. The molecule has 6 rings (SSSR count). The van der Waals surface area contributed by atoms with Crippen LogP contribution in [-0.2, 0) is 4.79 Å². The van der Waals surface area contributed by atoms with Crippen LogP contribution in [0.5, 0.6) is 0 Å². The van der Waals surface area contributed by atoms with Gasteiger partial charge in [-0.05, 0) is 59.6 Å². The molecule has 1 fully saturated rings. The van der Waals surface area contributed by atoms with E-state index in [0.717, 1.165) is 33.4 Å². The highest BCUT2D eigenvalue weighted by Crippen LogP contribution is 2.39. The number of nitrogens with one attached hydrogen (secondary N) is 2. The molecule has 0 bridgehead atoms. The molecule has 2 N–H and O–H groups in total. The molecule has 1 amide bonds. The Morgan fingerprint density at radius 2 is 1.71 bits per heavy atom. The number of amides is 1. The molecule has 1 saturated heterocycles. The molecule has 7 heteroatoms. The summed E-state index contributed by atoms with van der Waals surface area (Å²) in [7, 11) is 0. The lowest BCUT2D eigenvalue weighted by molar-refractivity contribution is -0.116. The van der Waals surface area contributed by atoms with Crippen molar-refractivity contribution in [2.45, 2.75) is 18.5 Å². The molecule has 6 nitrogen and oxygen atoms in total. The molecule has 5 aromatic rings. The maximum atomic E-state index is 13.1. The fourth-order valence-corrected chi connectivity index (χ4v) is 5.46. The number of aromatic nitrogens is 2. The molecule has 0 aliphatic carbocycles. The quantitative estimate of drug-likeness (QED) is 0.258. The monoisotopic (exact) mass is 517 g/mol. The van der Waals surface area contributed by atoms with E-state index in [1.807, 2.05) is 78.9 Å². The summed E-state index contributed by atoms with van der Waals surface area (Å²) in [4.78, 5) is 19.8. The van der Waals surface area contributed by atoms with Gasteiger partial charge in [0.05, 0.1) is 17.8 Å². The first-order chi connectivity index (χ1) is 18.7. The molecule has 1 aliphatic rings. The molecule has 3 heterocycles. The number of thiocarbonyl (C=S) groups is 1. The van der Waals surface area contributed by atoms with Gasteiger partial charge in [-0.25, -0.2) is 0 Å². The summed E-state index contributed by atoms with van der Waals surface area (Å²) in [5.41, 5.74) is 3.92. The van der Waals surface area contributed by atoms with Crippen LogP contribution >= 0.6 is 12.2 Å². The lowest BCUT2D eigenvalue weighted by Gasteiger charge is -2.27. The van der Waals surface area contributed by atoms with Gasteiger partial charge in [0.2, 0.25) is 5.91 Å². The largest absolute Gasteiger partial charge is 0.352 e. The first kappa shape index (κ1) is 23.9. The van der Waals surface area contributed by atoms with E-state index in [0.29, 0.717) is 18.1 Å². The Balaban J connectivity index is 1.25. The van der Waals surface area contributed by atoms with Gasteiger partial charge in [0.15, 0.2) is 5.11 Å². The highest BCUT2D eigenvalue weighted by molar-refractivity contribution is 7.80. The number of fused-ring (bicyclic) bond motifs is 1. The van der Waals surface area contributed by atoms with Crippen molar-refractivity contribution in [1.82, 2.24) is 19.8 Å². The third kappa shape index (κ3) is 4.76. The second-order valence-corrected chi connectivity index (χ2v) is 9.72. The van der Waals surface area contributed by atoms with Crippen LogP contribution in [0.25, 0.3) is 16.5 Å². The van der Waals surface area contributed by atoms with Gasteiger partial charge in [-0.1, -0.05) is 60.7 Å². The molecule has 0 unspecified atom stereocenters. The minimum Gasteiger partial charge on any atom is -0.352 e. The maximum Gasteiger partial charge on any atom is 0.226 e. The Hall–Kier alpha value is -4.49. The average Bonchev–Trinajstić information content (AvgIpc) is 3.57. The van der Waals surface area contributed by atoms with E-state index in [1.165, 1.54) is 0 Å². The lowest BCUT2D eigenvalue weighted by Crippen LogP contribution is -2.32. The van der Waals surface area contributed by atoms with E-state index in [4.69, 9.17) is 12.2 Å². The first-order valence-electron chi connectivity index (χ1n) is 12.7. The zero-order valence-corrected chi connectivity index (χ0v) is 21.5. The van der Waals surface area contributed by atoms with Crippen LogP contribution in [0.2, 0.25) is 0 Å². The van der Waals surface area contributed by atoms with Crippen molar-refractivity contribution < 1.29 is 4.79 Å². The second kappa shape index (κ2) is 10.5. The predicted molar refractivity (Wildman–Crippen MR) is 155 cm³/mol. The summed E-state index contributed by atoms with van der Waals surface area (Å²) < 4.78 is 2.11. The molecular formula is C31H27N5OS. The number of nitrogens with zero attached hydrogens (tertiary/aromatic N) is 3. The number of carbonyl (C=O) groups excluding carboxylic acids is 1. The molecule has 0 saturated carbocycles. The number of anilines is 1. The average molecular weight is 518 g/mol. The van der Waals surface area contributed by atoms with E-state index in [-0.39, 0.29) is 18.0 Å². The summed E-state index contributed by atoms with van der Waals surface area (Å²) >= 11 is 5.79. The Kier molecular flexibility index (Phi) is 6.58. The molecule has 1 aliphatic heterocycles. The van der Waals surface area contributed by atoms with Crippen LogP contribution < -0.4 is 10.6 Å². The van der Waals surface area contributed by atoms with Crippen molar-refractivity contribution >= 4 is 39.7 Å². The summed E-state index contributed by atoms with van der Waals surface area (Å²) in [5, 5.41) is 9.31. The van der Waals surface area contributed by atoms with Crippen molar-refractivity contribution in [3.05, 3.63) is 127 Å². The van der Waals surface area contributed by atoms with E-state index in [9.17, 15) is 4.79 Å². The second-order valence-electron chi connectivity index (χ2n) is 9.33. The number of pyridine rings is 1. The first-order valence-corrected chi connectivity index (χ1v) is 13.1. The normalized spacial score (nSPS) is 16.9. The van der Waals surface area contributed by atoms with Crippen molar-refractivity contribution in [1.29, 1.82) is 0 Å². The Bertz CT molecular complexity index is 1580. The molecule has 0 spiro atoms. The molecule has 2 atom stereocenters. The Morgan fingerprint density at radius 3 is 2.55 bits per heavy atom. The van der Waals surface area contributed by atoms with Crippen molar-refractivity contribution in [3.8, 4) is 5.69 Å². The number of hydrogen-bond donors (Lipinski definition) is 2. The van der Waals surface area contributed by atoms with Gasteiger partial charge in [0.25, 0.3) is 0 Å². The van der Waals surface area contributed by atoms with E-state index in [1.54, 1.807) is 6.20 Å². The number of carbonyl (C=O) groups is 1. The molecule has 38 heavy (non-hydrogen) atoms. The lowest BCUT2D eigenvalue weighted by atomic mass is 9.99. The van der Waals surface area contributed by atoms with Gasteiger partial charge in [0, 0.05) is 48.3 Å². The van der Waals surface area contributed by atoms with E-state index >= 15 is 0 Å². The van der Waals surface area contributed by atoms with Crippen LogP contribution in [-0.4, -0.2) is 32.0 Å². The van der Waals surface area contributed by atoms with Crippen molar-refractivity contribution in [2.24, 2.45) is 0 Å². The number of hydrogen-bond acceptors (Lipinski definition) is 3. The minimum absolute atomic E-state index is 0.0500. The third-order valence-corrected chi connectivity index (χ3v) is 7.31. The van der Waals surface area contributed by atoms with Crippen LogP contribution in [0.15, 0.2) is 116 Å². The van der Waals surface area contributed by atoms with Crippen LogP contribution in [0.4, 0.5) is 5.69 Å². The summed E-state index contributed by atoms with van der Waals surface area (Å²) in [6, 6.07) is 32.0. The van der Waals surface area contributed by atoms with Gasteiger partial charge in [-0.3, -0.25) is 9.78 Å². The van der Waals surface area contributed by atoms with E-state index < -0.39 is 0 Å². The molecule has 3 aromatic carbocycles. The predicted octanol–water partition coefficient (Wildman–Crippen LogP) is 6.03. The number of benzene rings is 3. The van der Waals surface area contributed by atoms with Gasteiger partial charge in [0.1, 0.15) is 0 Å². The van der Waals surface area contributed by atoms with Crippen molar-refractivity contribution in [3.63, 3.8) is 0 Å². The van der Waals surface area contributed by atoms with E-state index in [2.05, 4.69) is 55.7 Å². The fraction of sp³-hybridized carbons (Fsp3) is 0.129. The fourth-order valence-electron chi connectivity index (χ4n) is 5.13. The molecule has 188 valence electrons. The Labute approximate surface area is 226 Å².